The number of pyridine rings is 2. The molecule has 0 atom stereocenters. The van der Waals surface area contributed by atoms with Crippen molar-refractivity contribution in [2.24, 2.45) is 0 Å². The molecule has 3 heterocycles. The smallest absolute Gasteiger partial charge is 0.260 e. The van der Waals surface area contributed by atoms with Crippen molar-refractivity contribution in [1.82, 2.24) is 19.5 Å². The molecule has 1 aromatic carbocycles. The Balaban J connectivity index is 1.80. The molecular formula is C29H31ClN6O5. The Kier molecular flexibility index (Phi) is 8.89. The number of aryl methyl sites for hydroxylation is 2. The molecule has 0 aliphatic heterocycles. The van der Waals surface area contributed by atoms with Gasteiger partial charge in [-0.3, -0.25) is 19.1 Å². The molecule has 0 saturated carbocycles. The molecule has 0 spiro atoms. The minimum Gasteiger partial charge on any atom is -0.497 e. The molecule has 0 bridgehead atoms. The Labute approximate surface area is 241 Å². The lowest BCUT2D eigenvalue weighted by molar-refractivity contribution is -0.111. The Morgan fingerprint density at radius 3 is 2.56 bits per heavy atom. The van der Waals surface area contributed by atoms with Crippen LogP contribution in [-0.2, 0) is 17.8 Å². The van der Waals surface area contributed by atoms with E-state index in [1.807, 2.05) is 0 Å². The summed E-state index contributed by atoms with van der Waals surface area (Å²) >= 11 is 6.65. The number of aliphatic hydroxyl groups is 1. The zero-order chi connectivity index (χ0) is 29.7. The van der Waals surface area contributed by atoms with Gasteiger partial charge in [0, 0.05) is 54.0 Å². The number of amides is 1. The lowest BCUT2D eigenvalue weighted by Crippen LogP contribution is -2.30. The molecule has 3 N–H and O–H groups in total. The van der Waals surface area contributed by atoms with Crippen LogP contribution < -0.4 is 25.7 Å². The number of fused-ring (bicyclic) bond motifs is 1. The van der Waals surface area contributed by atoms with Gasteiger partial charge in [-0.2, -0.15) is 4.98 Å². The molecule has 0 aliphatic rings. The fourth-order valence-corrected chi connectivity index (χ4v) is 4.33. The van der Waals surface area contributed by atoms with E-state index in [0.29, 0.717) is 51.5 Å². The summed E-state index contributed by atoms with van der Waals surface area (Å²) < 4.78 is 12.4. The summed E-state index contributed by atoms with van der Waals surface area (Å²) in [5.74, 6) is 0.766. The molecule has 0 unspecified atom stereocenters. The number of methoxy groups -OCH3 is 2. The summed E-state index contributed by atoms with van der Waals surface area (Å²) in [6, 6.07) is 8.50. The van der Waals surface area contributed by atoms with E-state index in [0.717, 1.165) is 0 Å². The Hall–Kier alpha value is -4.48. The van der Waals surface area contributed by atoms with Crippen molar-refractivity contribution in [1.29, 1.82) is 0 Å². The highest BCUT2D eigenvalue weighted by atomic mass is 35.5. The molecule has 1 amide bonds. The van der Waals surface area contributed by atoms with E-state index in [1.54, 1.807) is 54.9 Å². The maximum absolute atomic E-state index is 14.0. The van der Waals surface area contributed by atoms with Crippen LogP contribution in [0.4, 0.5) is 11.6 Å². The first-order chi connectivity index (χ1) is 19.5. The molecule has 4 rings (SSSR count). The van der Waals surface area contributed by atoms with Crippen LogP contribution in [-0.4, -0.2) is 56.9 Å². The number of rotatable bonds is 11. The number of hydrogen-bond acceptors (Lipinski definition) is 9. The van der Waals surface area contributed by atoms with Gasteiger partial charge in [-0.1, -0.05) is 18.2 Å². The first-order valence-electron chi connectivity index (χ1n) is 12.7. The van der Waals surface area contributed by atoms with E-state index in [4.69, 9.17) is 21.1 Å². The predicted octanol–water partition coefficient (Wildman–Crippen LogP) is 4.07. The molecule has 11 nitrogen and oxygen atoms in total. The average Bonchev–Trinajstić information content (AvgIpc) is 2.96. The first-order valence-corrected chi connectivity index (χ1v) is 13.1. The highest BCUT2D eigenvalue weighted by molar-refractivity contribution is 6.35. The normalized spacial score (nSPS) is 11.3. The Morgan fingerprint density at radius 1 is 1.15 bits per heavy atom. The number of halogens is 1. The van der Waals surface area contributed by atoms with Crippen molar-refractivity contribution in [3.63, 3.8) is 0 Å². The highest BCUT2D eigenvalue weighted by Crippen LogP contribution is 2.38. The monoisotopic (exact) mass is 578 g/mol. The fraction of sp³-hybridized carbons (Fsp3) is 0.276. The summed E-state index contributed by atoms with van der Waals surface area (Å²) in [6.45, 7) is 7.20. The predicted molar refractivity (Wildman–Crippen MR) is 159 cm³/mol. The second kappa shape index (κ2) is 12.4. The molecule has 0 fully saturated rings. The minimum atomic E-state index is -0.993. The van der Waals surface area contributed by atoms with Crippen molar-refractivity contribution < 1.29 is 19.4 Å². The second-order valence-electron chi connectivity index (χ2n) is 9.83. The van der Waals surface area contributed by atoms with Crippen LogP contribution in [0.25, 0.3) is 22.2 Å². The Morgan fingerprint density at radius 2 is 1.93 bits per heavy atom. The van der Waals surface area contributed by atoms with Gasteiger partial charge in [0.2, 0.25) is 11.9 Å². The van der Waals surface area contributed by atoms with Crippen LogP contribution >= 0.6 is 11.6 Å². The average molecular weight is 579 g/mol. The lowest BCUT2D eigenvalue weighted by Gasteiger charge is -2.18. The third-order valence-corrected chi connectivity index (χ3v) is 6.52. The van der Waals surface area contributed by atoms with Gasteiger partial charge in [-0.05, 0) is 44.2 Å². The number of nitrogens with one attached hydrogen (secondary N) is 2. The minimum absolute atomic E-state index is 0.207. The van der Waals surface area contributed by atoms with Gasteiger partial charge in [0.1, 0.15) is 17.1 Å². The molecular weight excluding hydrogens is 548 g/mol. The van der Waals surface area contributed by atoms with E-state index in [-0.39, 0.29) is 35.5 Å². The summed E-state index contributed by atoms with van der Waals surface area (Å²) in [4.78, 5) is 39.0. The van der Waals surface area contributed by atoms with Crippen LogP contribution in [0, 0.1) is 0 Å². The fourth-order valence-electron chi connectivity index (χ4n) is 4.04. The lowest BCUT2D eigenvalue weighted by atomic mass is 10.0. The summed E-state index contributed by atoms with van der Waals surface area (Å²) in [7, 11) is 3.00. The summed E-state index contributed by atoms with van der Waals surface area (Å²) in [5.41, 5.74) is 1.05. The summed E-state index contributed by atoms with van der Waals surface area (Å²) in [5, 5.41) is 16.6. The second-order valence-corrected chi connectivity index (χ2v) is 10.2. The molecule has 3 aromatic heterocycles. The van der Waals surface area contributed by atoms with E-state index in [2.05, 4.69) is 32.2 Å². The number of benzene rings is 1. The molecule has 41 heavy (non-hydrogen) atoms. The van der Waals surface area contributed by atoms with E-state index >= 15 is 0 Å². The van der Waals surface area contributed by atoms with Crippen LogP contribution in [0.3, 0.4) is 0 Å². The van der Waals surface area contributed by atoms with Gasteiger partial charge in [0.25, 0.3) is 5.56 Å². The van der Waals surface area contributed by atoms with Crippen LogP contribution in [0.15, 0.2) is 60.2 Å². The van der Waals surface area contributed by atoms with Gasteiger partial charge in [0.05, 0.1) is 36.7 Å². The van der Waals surface area contributed by atoms with Gasteiger partial charge in [0.15, 0.2) is 0 Å². The van der Waals surface area contributed by atoms with Crippen molar-refractivity contribution in [3.05, 3.63) is 76.5 Å². The first kappa shape index (κ1) is 29.5. The Bertz CT molecular complexity index is 1650. The third-order valence-electron chi connectivity index (χ3n) is 6.13. The molecule has 214 valence electrons. The highest BCUT2D eigenvalue weighted by Gasteiger charge is 2.20. The number of nitrogens with zero attached hydrogens (tertiary/aromatic N) is 4. The quantitative estimate of drug-likeness (QED) is 0.225. The standard InChI is InChI=1S/C29H31ClN6O5/c1-6-24(37)34-19-8-7-18(31-15-19)9-10-36-26-17(14-32-28(35-26)33-16-29(2,3)39)11-22(27(36)38)21-12-20(40-4)13-23(41-5)25(21)30/h6-8,11-15,39H,1,9-10,16H2,2-5H3,(H,34,37)(H,32,33,35). The maximum atomic E-state index is 14.0. The van der Waals surface area contributed by atoms with Crippen molar-refractivity contribution in [2.45, 2.75) is 32.4 Å². The zero-order valence-corrected chi connectivity index (χ0v) is 24.0. The van der Waals surface area contributed by atoms with Crippen LogP contribution in [0.5, 0.6) is 11.5 Å². The van der Waals surface area contributed by atoms with Crippen molar-refractivity contribution in [2.75, 3.05) is 31.4 Å². The van der Waals surface area contributed by atoms with E-state index in [9.17, 15) is 14.7 Å². The van der Waals surface area contributed by atoms with Crippen molar-refractivity contribution in [3.8, 4) is 22.6 Å². The number of hydrogen-bond donors (Lipinski definition) is 3. The molecule has 12 heteroatoms. The maximum Gasteiger partial charge on any atom is 0.260 e. The molecule has 0 saturated heterocycles. The van der Waals surface area contributed by atoms with Gasteiger partial charge >= 0.3 is 0 Å². The van der Waals surface area contributed by atoms with Gasteiger partial charge < -0.3 is 25.2 Å². The van der Waals surface area contributed by atoms with E-state index < -0.39 is 5.60 Å². The van der Waals surface area contributed by atoms with Crippen LogP contribution in [0.2, 0.25) is 5.02 Å². The van der Waals surface area contributed by atoms with Gasteiger partial charge in [-0.25, -0.2) is 4.98 Å². The number of ether oxygens (including phenoxy) is 2. The zero-order valence-electron chi connectivity index (χ0n) is 23.2. The molecule has 0 radical (unpaired) electrons. The number of anilines is 2. The number of carbonyl (C=O) groups is 1. The van der Waals surface area contributed by atoms with E-state index in [1.165, 1.54) is 26.5 Å². The largest absolute Gasteiger partial charge is 0.497 e. The molecule has 0 aliphatic carbocycles. The van der Waals surface area contributed by atoms with Crippen LogP contribution in [0.1, 0.15) is 19.5 Å². The third kappa shape index (κ3) is 7.00. The van der Waals surface area contributed by atoms with Crippen molar-refractivity contribution >= 4 is 40.2 Å². The molecule has 4 aromatic rings. The number of aromatic nitrogens is 4. The topological polar surface area (TPSA) is 140 Å². The summed E-state index contributed by atoms with van der Waals surface area (Å²) in [6.07, 6.45) is 4.71. The van der Waals surface area contributed by atoms with Gasteiger partial charge in [-0.15, -0.1) is 0 Å². The number of carbonyl (C=O) groups excluding carboxylic acids is 1. The SMILES string of the molecule is C=CC(=O)Nc1ccc(CCn2c(=O)c(-c3cc(OC)cc(OC)c3Cl)cc3cnc(NCC(C)(C)O)nc32)nc1.